The molecule has 0 heterocycles. The normalized spacial score (nSPS) is 7.43. The molecule has 0 rings (SSSR count). The van der Waals surface area contributed by atoms with E-state index in [2.05, 4.69) is 12.5 Å². The van der Waals surface area contributed by atoms with Gasteiger partial charge in [0.1, 0.15) is 0 Å². The lowest BCUT2D eigenvalue weighted by atomic mass is 10.2. The summed E-state index contributed by atoms with van der Waals surface area (Å²) < 4.78 is 0. The number of rotatable bonds is 2. The van der Waals surface area contributed by atoms with E-state index < -0.39 is 0 Å². The maximum absolute atomic E-state index is 4.94. The van der Waals surface area contributed by atoms with Gasteiger partial charge in [0.15, 0.2) is 0 Å². The van der Waals surface area contributed by atoms with E-state index >= 15 is 0 Å². The van der Waals surface area contributed by atoms with Crippen molar-refractivity contribution in [2.45, 2.75) is 13.3 Å². The number of hydrogen-bond donors (Lipinski definition) is 0. The molecule has 0 amide bonds. The van der Waals surface area contributed by atoms with Gasteiger partial charge in [-0.3, -0.25) is 0 Å². The summed E-state index contributed by atoms with van der Waals surface area (Å²) in [5.41, 5.74) is 1.02. The number of hydrogen-bond acceptors (Lipinski definition) is 0. The molecule has 0 nitrogen and oxygen atoms in total. The van der Waals surface area contributed by atoms with E-state index in [1.165, 1.54) is 0 Å². The molecule has 0 N–H and O–H groups in total. The van der Waals surface area contributed by atoms with Crippen LogP contribution < -0.4 is 0 Å². The maximum Gasteiger partial charge on any atom is 0.0582 e. The predicted octanol–water partition coefficient (Wildman–Crippen LogP) is 1.79. The van der Waals surface area contributed by atoms with Crippen molar-refractivity contribution in [2.24, 2.45) is 0 Å². The average Bonchev–Trinajstić information content (AvgIpc) is 1.68. The fourth-order valence-corrected chi connectivity index (χ4v) is 0.220. The van der Waals surface area contributed by atoms with Crippen LogP contribution in [0, 0.1) is 18.8 Å². The molecular weight excluding hydrogens is 84.1 g/mol. The average molecular weight is 93.1 g/mol. The Hall–Kier alpha value is -0.700. The van der Waals surface area contributed by atoms with Crippen molar-refractivity contribution >= 4 is 0 Å². The van der Waals surface area contributed by atoms with Gasteiger partial charge in [-0.15, -0.1) is 6.42 Å². The second-order valence-corrected chi connectivity index (χ2v) is 1.32. The minimum Gasteiger partial charge on any atom is -0.119 e. The Morgan fingerprint density at radius 1 is 2.00 bits per heavy atom. The van der Waals surface area contributed by atoms with Crippen LogP contribution in [-0.2, 0) is 0 Å². The molecule has 0 fully saturated rings. The van der Waals surface area contributed by atoms with Crippen molar-refractivity contribution in [3.05, 3.63) is 18.6 Å². The van der Waals surface area contributed by atoms with Gasteiger partial charge in [-0.05, 0) is 6.42 Å². The van der Waals surface area contributed by atoms with Gasteiger partial charge in [0.2, 0.25) is 0 Å². The molecule has 1 radical (unpaired) electrons. The van der Waals surface area contributed by atoms with Gasteiger partial charge >= 0.3 is 0 Å². The van der Waals surface area contributed by atoms with Crippen molar-refractivity contribution in [3.8, 4) is 12.3 Å². The summed E-state index contributed by atoms with van der Waals surface area (Å²) in [6.07, 6.45) is 7.57. The molecule has 0 heteroatoms. The Labute approximate surface area is 45.2 Å². The van der Waals surface area contributed by atoms with E-state index in [1.807, 2.05) is 6.92 Å². The first-order valence-corrected chi connectivity index (χ1v) is 2.28. The van der Waals surface area contributed by atoms with Crippen LogP contribution in [0.25, 0.3) is 0 Å². The lowest BCUT2D eigenvalue weighted by Crippen LogP contribution is -1.72. The van der Waals surface area contributed by atoms with Crippen molar-refractivity contribution in [2.75, 3.05) is 0 Å². The summed E-state index contributed by atoms with van der Waals surface area (Å²) in [4.78, 5) is 0. The van der Waals surface area contributed by atoms with Gasteiger partial charge in [-0.2, -0.15) is 0 Å². The fraction of sp³-hybridized carbons (Fsp3) is 0.286. The zero-order valence-electron chi connectivity index (χ0n) is 4.57. The second kappa shape index (κ2) is 3.49. The Morgan fingerprint density at radius 2 is 2.57 bits per heavy atom. The van der Waals surface area contributed by atoms with Gasteiger partial charge in [0.05, 0.1) is 6.42 Å². The molecule has 0 atom stereocenters. The van der Waals surface area contributed by atoms with Crippen LogP contribution in [0.5, 0.6) is 0 Å². The largest absolute Gasteiger partial charge is 0.119 e. The van der Waals surface area contributed by atoms with Gasteiger partial charge in [-0.25, -0.2) is 0 Å². The third kappa shape index (κ3) is 3.12. The SMILES string of the molecule is C#C[CH]C(=C)CC. The topological polar surface area (TPSA) is 0 Å². The van der Waals surface area contributed by atoms with Crippen LogP contribution >= 0.6 is 0 Å². The summed E-state index contributed by atoms with van der Waals surface area (Å²) in [7, 11) is 0. The highest BCUT2D eigenvalue weighted by Crippen LogP contribution is 1.97. The molecule has 0 aromatic heterocycles. The Morgan fingerprint density at radius 3 is 2.71 bits per heavy atom. The molecule has 0 saturated heterocycles. The molecule has 0 saturated carbocycles. The zero-order chi connectivity index (χ0) is 5.70. The molecule has 0 aliphatic carbocycles. The molecule has 7 heavy (non-hydrogen) atoms. The first-order chi connectivity index (χ1) is 3.31. The third-order valence-electron chi connectivity index (χ3n) is 0.742. The summed E-state index contributed by atoms with van der Waals surface area (Å²) in [5, 5.41) is 0. The molecule has 0 aliphatic heterocycles. The highest BCUT2D eigenvalue weighted by atomic mass is 13.9. The smallest absolute Gasteiger partial charge is 0.0582 e. The van der Waals surface area contributed by atoms with Gasteiger partial charge in [0.25, 0.3) is 0 Å². The lowest BCUT2D eigenvalue weighted by Gasteiger charge is -1.88. The molecule has 37 valence electrons. The fourth-order valence-electron chi connectivity index (χ4n) is 0.220. The lowest BCUT2D eigenvalue weighted by molar-refractivity contribution is 1.14. The van der Waals surface area contributed by atoms with Crippen LogP contribution in [0.2, 0.25) is 0 Å². The molecule has 0 aromatic rings. The van der Waals surface area contributed by atoms with Crippen molar-refractivity contribution in [1.29, 1.82) is 0 Å². The Kier molecular flexibility index (Phi) is 3.14. The van der Waals surface area contributed by atoms with Crippen molar-refractivity contribution in [3.63, 3.8) is 0 Å². The summed E-state index contributed by atoms with van der Waals surface area (Å²) in [5.74, 6) is 2.39. The van der Waals surface area contributed by atoms with Crippen LogP contribution in [0.4, 0.5) is 0 Å². The van der Waals surface area contributed by atoms with Gasteiger partial charge in [-0.1, -0.05) is 25.0 Å². The maximum atomic E-state index is 4.94. The van der Waals surface area contributed by atoms with Gasteiger partial charge < -0.3 is 0 Å². The first-order valence-electron chi connectivity index (χ1n) is 2.28. The van der Waals surface area contributed by atoms with Crippen molar-refractivity contribution in [1.82, 2.24) is 0 Å². The minimum absolute atomic E-state index is 0.949. The molecule has 0 aliphatic rings. The van der Waals surface area contributed by atoms with E-state index in [4.69, 9.17) is 6.42 Å². The summed E-state index contributed by atoms with van der Waals surface area (Å²) in [6, 6.07) is 0. The van der Waals surface area contributed by atoms with Crippen LogP contribution in [0.1, 0.15) is 13.3 Å². The van der Waals surface area contributed by atoms with Crippen LogP contribution in [-0.4, -0.2) is 0 Å². The Balaban J connectivity index is 3.23. The number of allylic oxidation sites excluding steroid dienone is 1. The van der Waals surface area contributed by atoms with Gasteiger partial charge in [0, 0.05) is 0 Å². The van der Waals surface area contributed by atoms with E-state index in [-0.39, 0.29) is 0 Å². The second-order valence-electron chi connectivity index (χ2n) is 1.32. The first kappa shape index (κ1) is 6.30. The predicted molar refractivity (Wildman–Crippen MR) is 32.6 cm³/mol. The highest BCUT2D eigenvalue weighted by Gasteiger charge is 1.81. The molecular formula is C7H9. The molecule has 0 spiro atoms. The number of terminal acetylenes is 1. The zero-order valence-corrected chi connectivity index (χ0v) is 4.57. The highest BCUT2D eigenvalue weighted by molar-refractivity contribution is 5.21. The third-order valence-corrected chi connectivity index (χ3v) is 0.742. The molecule has 0 aromatic carbocycles. The van der Waals surface area contributed by atoms with E-state index in [1.54, 1.807) is 6.42 Å². The summed E-state index contributed by atoms with van der Waals surface area (Å²) in [6.45, 7) is 5.69. The van der Waals surface area contributed by atoms with Crippen molar-refractivity contribution < 1.29 is 0 Å². The van der Waals surface area contributed by atoms with E-state index in [0.717, 1.165) is 12.0 Å². The Bertz CT molecular complexity index is 93.1. The summed E-state index contributed by atoms with van der Waals surface area (Å²) >= 11 is 0. The van der Waals surface area contributed by atoms with Crippen LogP contribution in [0.15, 0.2) is 12.2 Å². The standard InChI is InChI=1S/C7H9/c1-4-6-7(3)5-2/h1,6H,3,5H2,2H3. The van der Waals surface area contributed by atoms with Crippen LogP contribution in [0.3, 0.4) is 0 Å². The minimum atomic E-state index is 0.949. The molecule has 0 bridgehead atoms. The quantitative estimate of drug-likeness (QED) is 0.456. The van der Waals surface area contributed by atoms with E-state index in [0.29, 0.717) is 0 Å². The monoisotopic (exact) mass is 93.1 g/mol. The van der Waals surface area contributed by atoms with E-state index in [9.17, 15) is 0 Å². The molecule has 0 unspecified atom stereocenters.